The van der Waals surface area contributed by atoms with Crippen LogP contribution in [0.25, 0.3) is 5.13 Å². The van der Waals surface area contributed by atoms with Crippen LogP contribution < -0.4 is 14.5 Å². The number of rotatable bonds is 7. The Morgan fingerprint density at radius 3 is 2.38 bits per heavy atom. The van der Waals surface area contributed by atoms with Gasteiger partial charge in [0.1, 0.15) is 5.75 Å². The van der Waals surface area contributed by atoms with E-state index in [1.165, 1.54) is 11.4 Å². The van der Waals surface area contributed by atoms with E-state index in [2.05, 4.69) is 53.7 Å². The standard InChI is InChI=1S/C24H30N6O3S/c1-33-21-6-4-19(5-7-21)28-15-13-27(14-16-28)17-20-3-2-10-30(20)24-26-25-23(34-24)29-11-8-18(9-12-29)22(31)32/h2-7,10,18H,8-9,11-17H2,1H3,(H,31,32). The summed E-state index contributed by atoms with van der Waals surface area (Å²) >= 11 is 1.57. The molecule has 0 amide bonds. The van der Waals surface area contributed by atoms with Gasteiger partial charge in [0, 0.05) is 63.4 Å². The minimum Gasteiger partial charge on any atom is -0.497 e. The van der Waals surface area contributed by atoms with E-state index < -0.39 is 5.97 Å². The molecule has 0 unspecified atom stereocenters. The van der Waals surface area contributed by atoms with Gasteiger partial charge < -0.3 is 19.6 Å². The lowest BCUT2D eigenvalue weighted by Gasteiger charge is -2.36. The molecule has 0 spiro atoms. The molecule has 180 valence electrons. The van der Waals surface area contributed by atoms with E-state index in [0.717, 1.165) is 48.7 Å². The van der Waals surface area contributed by atoms with Crippen molar-refractivity contribution in [3.05, 3.63) is 48.3 Å². The van der Waals surface area contributed by atoms with Gasteiger partial charge in [-0.05, 0) is 49.2 Å². The van der Waals surface area contributed by atoms with Gasteiger partial charge in [0.15, 0.2) is 0 Å². The average Bonchev–Trinajstić information content (AvgIpc) is 3.54. The zero-order chi connectivity index (χ0) is 23.5. The Bertz CT molecular complexity index is 1100. The number of hydrogen-bond donors (Lipinski definition) is 1. The van der Waals surface area contributed by atoms with Gasteiger partial charge in [-0.1, -0.05) is 11.3 Å². The van der Waals surface area contributed by atoms with Crippen LogP contribution >= 0.6 is 11.3 Å². The van der Waals surface area contributed by atoms with Crippen LogP contribution in [-0.2, 0) is 11.3 Å². The minimum absolute atomic E-state index is 0.245. The summed E-state index contributed by atoms with van der Waals surface area (Å²) in [6.07, 6.45) is 3.35. The Balaban J connectivity index is 1.18. The molecular formula is C24H30N6O3S. The molecule has 5 rings (SSSR count). The number of piperidine rings is 1. The molecule has 2 aliphatic rings. The van der Waals surface area contributed by atoms with E-state index in [4.69, 9.17) is 4.74 Å². The molecule has 0 bridgehead atoms. The smallest absolute Gasteiger partial charge is 0.306 e. The first kappa shape index (κ1) is 22.7. The predicted octanol–water partition coefficient (Wildman–Crippen LogP) is 2.96. The van der Waals surface area contributed by atoms with Gasteiger partial charge in [0.25, 0.3) is 0 Å². The Hall–Kier alpha value is -3.11. The van der Waals surface area contributed by atoms with Crippen molar-refractivity contribution < 1.29 is 14.6 Å². The lowest BCUT2D eigenvalue weighted by Crippen LogP contribution is -2.46. The van der Waals surface area contributed by atoms with E-state index in [1.807, 2.05) is 18.3 Å². The van der Waals surface area contributed by atoms with Gasteiger partial charge in [0.05, 0.1) is 13.0 Å². The summed E-state index contributed by atoms with van der Waals surface area (Å²) < 4.78 is 7.39. The normalized spacial score (nSPS) is 17.8. The quantitative estimate of drug-likeness (QED) is 0.550. The first-order chi connectivity index (χ1) is 16.6. The van der Waals surface area contributed by atoms with Crippen LogP contribution in [0.15, 0.2) is 42.6 Å². The fraction of sp³-hybridized carbons (Fsp3) is 0.458. The number of methoxy groups -OCH3 is 1. The maximum absolute atomic E-state index is 11.2. The Labute approximate surface area is 203 Å². The van der Waals surface area contributed by atoms with Crippen LogP contribution in [-0.4, -0.2) is 77.1 Å². The van der Waals surface area contributed by atoms with Crippen LogP contribution in [0.5, 0.6) is 5.75 Å². The largest absolute Gasteiger partial charge is 0.497 e. The second kappa shape index (κ2) is 10.0. The van der Waals surface area contributed by atoms with Crippen LogP contribution in [0.2, 0.25) is 0 Å². The molecule has 0 radical (unpaired) electrons. The second-order valence-corrected chi connectivity index (χ2v) is 9.73. The van der Waals surface area contributed by atoms with E-state index in [1.54, 1.807) is 18.4 Å². The number of anilines is 2. The molecule has 2 aromatic heterocycles. The monoisotopic (exact) mass is 482 g/mol. The molecule has 2 saturated heterocycles. The van der Waals surface area contributed by atoms with Crippen LogP contribution in [0.3, 0.4) is 0 Å². The second-order valence-electron chi connectivity index (χ2n) is 8.80. The molecule has 2 fully saturated rings. The predicted molar refractivity (Wildman–Crippen MR) is 132 cm³/mol. The number of ether oxygens (including phenoxy) is 1. The molecule has 0 saturated carbocycles. The highest BCUT2D eigenvalue weighted by Gasteiger charge is 2.26. The maximum Gasteiger partial charge on any atom is 0.306 e. The Morgan fingerprint density at radius 2 is 1.71 bits per heavy atom. The molecular weight excluding hydrogens is 452 g/mol. The summed E-state index contributed by atoms with van der Waals surface area (Å²) in [4.78, 5) is 18.3. The molecule has 9 nitrogen and oxygen atoms in total. The third-order valence-corrected chi connectivity index (χ3v) is 7.74. The van der Waals surface area contributed by atoms with Gasteiger partial charge in [-0.3, -0.25) is 14.3 Å². The highest BCUT2D eigenvalue weighted by molar-refractivity contribution is 7.17. The summed E-state index contributed by atoms with van der Waals surface area (Å²) in [6, 6.07) is 12.5. The third kappa shape index (κ3) is 4.88. The van der Waals surface area contributed by atoms with Crippen LogP contribution in [0.4, 0.5) is 10.8 Å². The molecule has 1 N–H and O–H groups in total. The fourth-order valence-electron chi connectivity index (χ4n) is 4.67. The van der Waals surface area contributed by atoms with Crippen molar-refractivity contribution in [2.75, 3.05) is 56.2 Å². The van der Waals surface area contributed by atoms with Crippen LogP contribution in [0.1, 0.15) is 18.5 Å². The van der Waals surface area contributed by atoms with Crippen molar-refractivity contribution in [3.63, 3.8) is 0 Å². The lowest BCUT2D eigenvalue weighted by molar-refractivity contribution is -0.142. The van der Waals surface area contributed by atoms with Gasteiger partial charge in [-0.25, -0.2) is 0 Å². The topological polar surface area (TPSA) is 87.0 Å². The summed E-state index contributed by atoms with van der Waals surface area (Å²) in [5, 5.41) is 19.8. The minimum atomic E-state index is -0.695. The average molecular weight is 483 g/mol. The Kier molecular flexibility index (Phi) is 6.68. The summed E-state index contributed by atoms with van der Waals surface area (Å²) in [7, 11) is 1.69. The van der Waals surface area contributed by atoms with Crippen molar-refractivity contribution in [1.29, 1.82) is 0 Å². The summed E-state index contributed by atoms with van der Waals surface area (Å²) in [5.41, 5.74) is 2.43. The fourth-order valence-corrected chi connectivity index (χ4v) is 5.58. The molecule has 10 heteroatoms. The molecule has 3 aromatic rings. The van der Waals surface area contributed by atoms with Gasteiger partial charge >= 0.3 is 5.97 Å². The van der Waals surface area contributed by atoms with Crippen molar-refractivity contribution in [3.8, 4) is 10.9 Å². The molecule has 4 heterocycles. The number of hydrogen-bond acceptors (Lipinski definition) is 8. The maximum atomic E-state index is 11.2. The van der Waals surface area contributed by atoms with Crippen molar-refractivity contribution in [2.45, 2.75) is 19.4 Å². The highest BCUT2D eigenvalue weighted by Crippen LogP contribution is 2.29. The van der Waals surface area contributed by atoms with Crippen molar-refractivity contribution in [2.24, 2.45) is 5.92 Å². The first-order valence-corrected chi connectivity index (χ1v) is 12.5. The molecule has 2 aliphatic heterocycles. The first-order valence-electron chi connectivity index (χ1n) is 11.7. The summed E-state index contributed by atoms with van der Waals surface area (Å²) in [6.45, 7) is 6.26. The number of carboxylic acid groups (broad SMARTS) is 1. The van der Waals surface area contributed by atoms with Gasteiger partial charge in [0.2, 0.25) is 10.3 Å². The van der Waals surface area contributed by atoms with E-state index >= 15 is 0 Å². The van der Waals surface area contributed by atoms with Gasteiger partial charge in [-0.15, -0.1) is 10.2 Å². The Morgan fingerprint density at radius 1 is 1.00 bits per heavy atom. The number of aliphatic carboxylic acids is 1. The number of piperazine rings is 1. The zero-order valence-electron chi connectivity index (χ0n) is 19.3. The molecule has 0 aliphatic carbocycles. The van der Waals surface area contributed by atoms with Crippen LogP contribution in [0, 0.1) is 5.92 Å². The number of carboxylic acids is 1. The number of benzene rings is 1. The lowest BCUT2D eigenvalue weighted by atomic mass is 9.98. The van der Waals surface area contributed by atoms with E-state index in [9.17, 15) is 9.90 Å². The van der Waals surface area contributed by atoms with Gasteiger partial charge in [-0.2, -0.15) is 0 Å². The van der Waals surface area contributed by atoms with Crippen molar-refractivity contribution >= 4 is 28.1 Å². The molecule has 34 heavy (non-hydrogen) atoms. The third-order valence-electron chi connectivity index (χ3n) is 6.75. The number of carbonyl (C=O) groups is 1. The van der Waals surface area contributed by atoms with E-state index in [-0.39, 0.29) is 5.92 Å². The van der Waals surface area contributed by atoms with E-state index in [0.29, 0.717) is 25.9 Å². The van der Waals surface area contributed by atoms with Crippen molar-refractivity contribution in [1.82, 2.24) is 19.7 Å². The molecule has 0 atom stereocenters. The SMILES string of the molecule is COc1ccc(N2CCN(Cc3cccn3-c3nnc(N4CCC(C(=O)O)CC4)s3)CC2)cc1. The number of aromatic nitrogens is 3. The molecule has 1 aromatic carbocycles. The number of nitrogens with zero attached hydrogens (tertiary/aromatic N) is 6. The zero-order valence-corrected chi connectivity index (χ0v) is 20.2. The summed E-state index contributed by atoms with van der Waals surface area (Å²) in [5.74, 6) is -0.0583. The highest BCUT2D eigenvalue weighted by atomic mass is 32.1.